The predicted octanol–water partition coefficient (Wildman–Crippen LogP) is 3.14. The van der Waals surface area contributed by atoms with Gasteiger partial charge in [0.25, 0.3) is 5.91 Å². The Bertz CT molecular complexity index is 647. The molecule has 0 radical (unpaired) electrons. The SMILES string of the molecule is Cc1ccc(C)c(OCC(=O)NC2CCN(C(=O)CC(C)C)CC2)c1C. The molecule has 1 aromatic carbocycles. The Morgan fingerprint density at radius 2 is 1.77 bits per heavy atom. The molecule has 1 aromatic rings. The third-order valence-corrected chi connectivity index (χ3v) is 5.02. The van der Waals surface area contributed by atoms with Crippen LogP contribution < -0.4 is 10.1 Å². The lowest BCUT2D eigenvalue weighted by atomic mass is 10.0. The number of likely N-dealkylation sites (tertiary alicyclic amines) is 1. The number of hydrogen-bond donors (Lipinski definition) is 1. The van der Waals surface area contributed by atoms with Gasteiger partial charge < -0.3 is 15.0 Å². The summed E-state index contributed by atoms with van der Waals surface area (Å²) in [7, 11) is 0. The molecular formula is C21H32N2O3. The van der Waals surface area contributed by atoms with Gasteiger partial charge in [0, 0.05) is 25.6 Å². The lowest BCUT2D eigenvalue weighted by molar-refractivity contribution is -0.133. The molecule has 2 rings (SSSR count). The first-order valence-electron chi connectivity index (χ1n) is 9.54. The van der Waals surface area contributed by atoms with Gasteiger partial charge in [-0.15, -0.1) is 0 Å². The van der Waals surface area contributed by atoms with Gasteiger partial charge in [0.2, 0.25) is 5.91 Å². The largest absolute Gasteiger partial charge is 0.483 e. The second-order valence-corrected chi connectivity index (χ2v) is 7.76. The molecular weight excluding hydrogens is 328 g/mol. The Hall–Kier alpha value is -2.04. The van der Waals surface area contributed by atoms with Crippen molar-refractivity contribution in [3.05, 3.63) is 28.8 Å². The highest BCUT2D eigenvalue weighted by Crippen LogP contribution is 2.25. The predicted molar refractivity (Wildman–Crippen MR) is 103 cm³/mol. The Labute approximate surface area is 157 Å². The van der Waals surface area contributed by atoms with Crippen LogP contribution in [0, 0.1) is 26.7 Å². The molecule has 0 spiro atoms. The molecule has 2 amide bonds. The zero-order valence-corrected chi connectivity index (χ0v) is 16.7. The summed E-state index contributed by atoms with van der Waals surface area (Å²) in [6, 6.07) is 4.19. The highest BCUT2D eigenvalue weighted by molar-refractivity contribution is 5.78. The normalized spacial score (nSPS) is 15.2. The van der Waals surface area contributed by atoms with E-state index in [1.54, 1.807) is 0 Å². The Morgan fingerprint density at radius 3 is 2.38 bits per heavy atom. The summed E-state index contributed by atoms with van der Waals surface area (Å²) in [4.78, 5) is 26.3. The van der Waals surface area contributed by atoms with Crippen LogP contribution in [-0.2, 0) is 9.59 Å². The van der Waals surface area contributed by atoms with Crippen molar-refractivity contribution in [3.63, 3.8) is 0 Å². The lowest BCUT2D eigenvalue weighted by Crippen LogP contribution is -2.47. The summed E-state index contributed by atoms with van der Waals surface area (Å²) in [5, 5.41) is 3.04. The van der Waals surface area contributed by atoms with E-state index in [0.717, 1.165) is 35.3 Å². The number of carbonyl (C=O) groups excluding carboxylic acids is 2. The summed E-state index contributed by atoms with van der Waals surface area (Å²) in [5.41, 5.74) is 3.28. The quantitative estimate of drug-likeness (QED) is 0.848. The highest BCUT2D eigenvalue weighted by Gasteiger charge is 2.24. The molecule has 0 aliphatic carbocycles. The van der Waals surface area contributed by atoms with Crippen molar-refractivity contribution in [1.82, 2.24) is 10.2 Å². The van der Waals surface area contributed by atoms with Crippen LogP contribution >= 0.6 is 0 Å². The molecule has 0 unspecified atom stereocenters. The Morgan fingerprint density at radius 1 is 1.15 bits per heavy atom. The molecule has 0 bridgehead atoms. The van der Waals surface area contributed by atoms with Crippen LogP contribution in [0.3, 0.4) is 0 Å². The van der Waals surface area contributed by atoms with Gasteiger partial charge in [-0.1, -0.05) is 26.0 Å². The van der Waals surface area contributed by atoms with Crippen molar-refractivity contribution >= 4 is 11.8 Å². The summed E-state index contributed by atoms with van der Waals surface area (Å²) in [6.07, 6.45) is 2.20. The minimum absolute atomic E-state index is 0.0254. The van der Waals surface area contributed by atoms with Gasteiger partial charge in [-0.05, 0) is 56.2 Å². The maximum Gasteiger partial charge on any atom is 0.258 e. The van der Waals surface area contributed by atoms with E-state index in [4.69, 9.17) is 4.74 Å². The van der Waals surface area contributed by atoms with Gasteiger partial charge >= 0.3 is 0 Å². The fourth-order valence-corrected chi connectivity index (χ4v) is 3.31. The van der Waals surface area contributed by atoms with E-state index in [-0.39, 0.29) is 24.5 Å². The molecule has 26 heavy (non-hydrogen) atoms. The molecule has 1 fully saturated rings. The number of carbonyl (C=O) groups is 2. The summed E-state index contributed by atoms with van der Waals surface area (Å²) < 4.78 is 5.78. The third kappa shape index (κ3) is 5.48. The molecule has 1 N–H and O–H groups in total. The van der Waals surface area contributed by atoms with Crippen molar-refractivity contribution in [2.24, 2.45) is 5.92 Å². The van der Waals surface area contributed by atoms with Crippen LogP contribution in [0.5, 0.6) is 5.75 Å². The van der Waals surface area contributed by atoms with E-state index in [0.29, 0.717) is 25.4 Å². The van der Waals surface area contributed by atoms with E-state index in [1.165, 1.54) is 0 Å². The van der Waals surface area contributed by atoms with Crippen molar-refractivity contribution in [3.8, 4) is 5.75 Å². The molecule has 1 aliphatic rings. The maximum absolute atomic E-state index is 12.2. The standard InChI is InChI=1S/C21H32N2O3/c1-14(2)12-20(25)23-10-8-18(9-11-23)22-19(24)13-26-21-16(4)7-6-15(3)17(21)5/h6-7,14,18H,8-13H2,1-5H3,(H,22,24). The van der Waals surface area contributed by atoms with Crippen molar-refractivity contribution in [2.75, 3.05) is 19.7 Å². The first-order valence-corrected chi connectivity index (χ1v) is 9.54. The van der Waals surface area contributed by atoms with E-state index < -0.39 is 0 Å². The van der Waals surface area contributed by atoms with E-state index in [9.17, 15) is 9.59 Å². The molecule has 5 nitrogen and oxygen atoms in total. The topological polar surface area (TPSA) is 58.6 Å². The minimum atomic E-state index is -0.0998. The van der Waals surface area contributed by atoms with Gasteiger partial charge in [0.05, 0.1) is 0 Å². The molecule has 1 saturated heterocycles. The molecule has 0 aromatic heterocycles. The summed E-state index contributed by atoms with van der Waals surface area (Å²) in [5.74, 6) is 1.30. The van der Waals surface area contributed by atoms with Crippen molar-refractivity contribution < 1.29 is 14.3 Å². The second kappa shape index (κ2) is 9.06. The summed E-state index contributed by atoms with van der Waals surface area (Å²) >= 11 is 0. The number of piperidine rings is 1. The highest BCUT2D eigenvalue weighted by atomic mass is 16.5. The number of aryl methyl sites for hydroxylation is 2. The van der Waals surface area contributed by atoms with Crippen molar-refractivity contribution in [2.45, 2.75) is 59.9 Å². The fraction of sp³-hybridized carbons (Fsp3) is 0.619. The Balaban J connectivity index is 1.78. The van der Waals surface area contributed by atoms with Crippen LogP contribution in [0.4, 0.5) is 0 Å². The number of benzene rings is 1. The lowest BCUT2D eigenvalue weighted by Gasteiger charge is -2.32. The second-order valence-electron chi connectivity index (χ2n) is 7.76. The average molecular weight is 360 g/mol. The van der Waals surface area contributed by atoms with Gasteiger partial charge in [0.1, 0.15) is 5.75 Å². The zero-order valence-electron chi connectivity index (χ0n) is 16.7. The summed E-state index contributed by atoms with van der Waals surface area (Å²) in [6.45, 7) is 11.6. The Kier molecular flexibility index (Phi) is 7.06. The molecule has 1 heterocycles. The van der Waals surface area contributed by atoms with E-state index >= 15 is 0 Å². The maximum atomic E-state index is 12.2. The van der Waals surface area contributed by atoms with E-state index in [1.807, 2.05) is 31.7 Å². The minimum Gasteiger partial charge on any atom is -0.483 e. The fourth-order valence-electron chi connectivity index (χ4n) is 3.31. The zero-order chi connectivity index (χ0) is 19.3. The number of ether oxygens (including phenoxy) is 1. The number of hydrogen-bond acceptors (Lipinski definition) is 3. The van der Waals surface area contributed by atoms with Gasteiger partial charge in [-0.2, -0.15) is 0 Å². The van der Waals surface area contributed by atoms with Crippen LogP contribution in [0.25, 0.3) is 0 Å². The molecule has 0 saturated carbocycles. The van der Waals surface area contributed by atoms with Crippen molar-refractivity contribution in [1.29, 1.82) is 0 Å². The smallest absolute Gasteiger partial charge is 0.258 e. The first kappa shape index (κ1) is 20.3. The average Bonchev–Trinajstić information content (AvgIpc) is 2.58. The number of amides is 2. The van der Waals surface area contributed by atoms with Gasteiger partial charge in [-0.25, -0.2) is 0 Å². The van der Waals surface area contributed by atoms with Crippen LogP contribution in [0.15, 0.2) is 12.1 Å². The van der Waals surface area contributed by atoms with E-state index in [2.05, 4.69) is 25.2 Å². The van der Waals surface area contributed by atoms with Crippen LogP contribution in [0.2, 0.25) is 0 Å². The molecule has 144 valence electrons. The third-order valence-electron chi connectivity index (χ3n) is 5.02. The molecule has 0 atom stereocenters. The number of nitrogens with one attached hydrogen (secondary N) is 1. The number of nitrogens with zero attached hydrogens (tertiary/aromatic N) is 1. The molecule has 5 heteroatoms. The monoisotopic (exact) mass is 360 g/mol. The van der Waals surface area contributed by atoms with Crippen LogP contribution in [-0.4, -0.2) is 42.5 Å². The molecule has 1 aliphatic heterocycles. The van der Waals surface area contributed by atoms with Gasteiger partial charge in [0.15, 0.2) is 6.61 Å². The first-order chi connectivity index (χ1) is 12.3. The van der Waals surface area contributed by atoms with Crippen LogP contribution in [0.1, 0.15) is 49.8 Å². The van der Waals surface area contributed by atoms with Gasteiger partial charge in [-0.3, -0.25) is 9.59 Å². The number of rotatable bonds is 6.